The van der Waals surface area contributed by atoms with Crippen LogP contribution < -0.4 is 11.1 Å². The number of carbonyl (C=O) groups is 1. The molecule has 6 aliphatic rings. The average Bonchev–Trinajstić information content (AvgIpc) is 2.90. The lowest BCUT2D eigenvalue weighted by molar-refractivity contribution is -0.166. The van der Waals surface area contributed by atoms with Crippen molar-refractivity contribution in [3.63, 3.8) is 0 Å². The molecular formula is C31H42N2O4. The van der Waals surface area contributed by atoms with Gasteiger partial charge in [0, 0.05) is 5.54 Å². The SMILES string of the molecule is CC(C)(C)OC(=O)NC12CCC(c3ccccc3)(CC1)OC2.NC12CCC(c3ccccc3)(CC1)OC2. The van der Waals surface area contributed by atoms with Gasteiger partial charge in [-0.1, -0.05) is 60.7 Å². The molecule has 2 aliphatic carbocycles. The van der Waals surface area contributed by atoms with E-state index in [2.05, 4.69) is 59.9 Å². The molecule has 0 radical (unpaired) electrons. The van der Waals surface area contributed by atoms with Crippen molar-refractivity contribution in [3.05, 3.63) is 71.8 Å². The van der Waals surface area contributed by atoms with E-state index in [0.717, 1.165) is 58.0 Å². The number of ether oxygens (including phenoxy) is 3. The van der Waals surface area contributed by atoms with Crippen LogP contribution in [0.25, 0.3) is 0 Å². The Morgan fingerprint density at radius 2 is 1.22 bits per heavy atom. The van der Waals surface area contributed by atoms with Gasteiger partial charge in [0.05, 0.1) is 30.0 Å². The van der Waals surface area contributed by atoms with Crippen LogP contribution in [-0.4, -0.2) is 36.0 Å². The van der Waals surface area contributed by atoms with E-state index < -0.39 is 5.60 Å². The fraction of sp³-hybridized carbons (Fsp3) is 0.581. The molecule has 2 aromatic carbocycles. The number of alkyl carbamates (subject to hydrolysis) is 1. The molecule has 6 nitrogen and oxygen atoms in total. The molecule has 8 rings (SSSR count). The second kappa shape index (κ2) is 9.72. The molecule has 6 heteroatoms. The summed E-state index contributed by atoms with van der Waals surface area (Å²) < 4.78 is 17.6. The third kappa shape index (κ3) is 5.57. The Kier molecular flexibility index (Phi) is 6.88. The van der Waals surface area contributed by atoms with Crippen molar-refractivity contribution in [1.29, 1.82) is 0 Å². The van der Waals surface area contributed by atoms with Crippen molar-refractivity contribution >= 4 is 6.09 Å². The van der Waals surface area contributed by atoms with Gasteiger partial charge in [0.15, 0.2) is 0 Å². The lowest BCUT2D eigenvalue weighted by Crippen LogP contribution is -2.62. The van der Waals surface area contributed by atoms with Gasteiger partial charge in [-0.25, -0.2) is 4.79 Å². The first-order valence-electron chi connectivity index (χ1n) is 13.7. The summed E-state index contributed by atoms with van der Waals surface area (Å²) >= 11 is 0. The summed E-state index contributed by atoms with van der Waals surface area (Å²) in [5.41, 5.74) is 7.82. The highest BCUT2D eigenvalue weighted by molar-refractivity contribution is 5.69. The number of carbonyl (C=O) groups excluding carboxylic acids is 1. The predicted octanol–water partition coefficient (Wildman–Crippen LogP) is 5.93. The summed E-state index contributed by atoms with van der Waals surface area (Å²) in [5, 5.41) is 3.06. The van der Waals surface area contributed by atoms with Gasteiger partial charge in [-0.3, -0.25) is 0 Å². The molecule has 0 spiro atoms. The van der Waals surface area contributed by atoms with E-state index in [1.807, 2.05) is 26.8 Å². The second-order valence-corrected chi connectivity index (χ2v) is 12.6. The minimum absolute atomic E-state index is 0.0254. The number of nitrogens with one attached hydrogen (secondary N) is 1. The van der Waals surface area contributed by atoms with Crippen LogP contribution in [0.2, 0.25) is 0 Å². The van der Waals surface area contributed by atoms with Gasteiger partial charge in [-0.05, 0) is 83.3 Å². The highest BCUT2D eigenvalue weighted by Crippen LogP contribution is 2.50. The molecule has 0 aromatic heterocycles. The Labute approximate surface area is 221 Å². The van der Waals surface area contributed by atoms with Crippen molar-refractivity contribution in [1.82, 2.24) is 5.32 Å². The zero-order valence-electron chi connectivity index (χ0n) is 22.6. The van der Waals surface area contributed by atoms with Crippen molar-refractivity contribution in [3.8, 4) is 0 Å². The van der Waals surface area contributed by atoms with Gasteiger partial charge in [-0.15, -0.1) is 0 Å². The van der Waals surface area contributed by atoms with Crippen LogP contribution in [0.5, 0.6) is 0 Å². The highest BCUT2D eigenvalue weighted by atomic mass is 16.6. The molecule has 0 unspecified atom stereocenters. The Morgan fingerprint density at radius 3 is 1.59 bits per heavy atom. The van der Waals surface area contributed by atoms with E-state index in [0.29, 0.717) is 6.61 Å². The van der Waals surface area contributed by atoms with Crippen LogP contribution in [0.3, 0.4) is 0 Å². The van der Waals surface area contributed by atoms with Crippen LogP contribution >= 0.6 is 0 Å². The van der Waals surface area contributed by atoms with E-state index >= 15 is 0 Å². The maximum absolute atomic E-state index is 12.1. The van der Waals surface area contributed by atoms with Gasteiger partial charge in [-0.2, -0.15) is 0 Å². The molecule has 2 aromatic rings. The summed E-state index contributed by atoms with van der Waals surface area (Å²) in [6.45, 7) is 6.91. The number of hydrogen-bond donors (Lipinski definition) is 2. The van der Waals surface area contributed by atoms with Gasteiger partial charge in [0.1, 0.15) is 5.60 Å². The van der Waals surface area contributed by atoms with E-state index in [9.17, 15) is 4.79 Å². The van der Waals surface area contributed by atoms with Crippen LogP contribution in [0.4, 0.5) is 4.79 Å². The molecule has 4 heterocycles. The van der Waals surface area contributed by atoms with E-state index in [4.69, 9.17) is 19.9 Å². The molecule has 4 saturated heterocycles. The Morgan fingerprint density at radius 1 is 0.757 bits per heavy atom. The van der Waals surface area contributed by atoms with Crippen molar-refractivity contribution < 1.29 is 19.0 Å². The fourth-order valence-corrected chi connectivity index (χ4v) is 6.33. The quantitative estimate of drug-likeness (QED) is 0.539. The monoisotopic (exact) mass is 506 g/mol. The topological polar surface area (TPSA) is 82.8 Å². The van der Waals surface area contributed by atoms with Gasteiger partial charge < -0.3 is 25.3 Å². The first kappa shape index (κ1) is 26.2. The molecule has 1 amide bonds. The van der Waals surface area contributed by atoms with Crippen molar-refractivity contribution in [2.24, 2.45) is 5.73 Å². The van der Waals surface area contributed by atoms with Crippen LogP contribution in [-0.2, 0) is 25.4 Å². The van der Waals surface area contributed by atoms with E-state index in [1.165, 1.54) is 11.1 Å². The fourth-order valence-electron chi connectivity index (χ4n) is 6.33. The maximum Gasteiger partial charge on any atom is 0.408 e. The summed E-state index contributed by atoms with van der Waals surface area (Å²) in [6, 6.07) is 21.0. The average molecular weight is 507 g/mol. The minimum Gasteiger partial charge on any atom is -0.444 e. The van der Waals surface area contributed by atoms with Crippen LogP contribution in [0.1, 0.15) is 83.3 Å². The Hall–Kier alpha value is -2.41. The first-order valence-corrected chi connectivity index (χ1v) is 13.7. The molecule has 6 fully saturated rings. The zero-order valence-corrected chi connectivity index (χ0v) is 22.6. The smallest absolute Gasteiger partial charge is 0.408 e. The predicted molar refractivity (Wildman–Crippen MR) is 144 cm³/mol. The third-order valence-electron chi connectivity index (χ3n) is 8.69. The first-order chi connectivity index (χ1) is 17.6. The second-order valence-electron chi connectivity index (χ2n) is 12.6. The summed E-state index contributed by atoms with van der Waals surface area (Å²) in [7, 11) is 0. The molecule has 2 saturated carbocycles. The van der Waals surface area contributed by atoms with E-state index in [1.54, 1.807) is 0 Å². The largest absolute Gasteiger partial charge is 0.444 e. The molecule has 3 N–H and O–H groups in total. The van der Waals surface area contributed by atoms with Gasteiger partial charge in [0.25, 0.3) is 0 Å². The minimum atomic E-state index is -0.474. The molecule has 4 bridgehead atoms. The lowest BCUT2D eigenvalue weighted by Gasteiger charge is -2.53. The zero-order chi connectivity index (χ0) is 26.2. The van der Waals surface area contributed by atoms with Crippen LogP contribution in [0.15, 0.2) is 60.7 Å². The highest BCUT2D eigenvalue weighted by Gasteiger charge is 2.52. The lowest BCUT2D eigenvalue weighted by atomic mass is 9.68. The maximum atomic E-state index is 12.1. The van der Waals surface area contributed by atoms with Gasteiger partial charge in [0.2, 0.25) is 0 Å². The number of nitrogens with two attached hydrogens (primary N) is 1. The standard InChI is InChI=1S/C18H25NO3.C13H17NO/c1-16(2,3)22-15(20)19-17-9-11-18(12-10-17,21-13-17)14-7-5-4-6-8-14;14-12-6-8-13(9-7-12,15-10-12)11-4-2-1-3-5-11/h4-8H,9-13H2,1-3H3,(H,19,20);1-5H,6-10,14H2. The molecule has 0 atom stereocenters. The third-order valence-corrected chi connectivity index (χ3v) is 8.69. The summed E-state index contributed by atoms with van der Waals surface area (Å²) in [4.78, 5) is 12.1. The number of hydrogen-bond acceptors (Lipinski definition) is 5. The number of rotatable bonds is 3. The molecular weight excluding hydrogens is 464 g/mol. The molecule has 37 heavy (non-hydrogen) atoms. The van der Waals surface area contributed by atoms with Crippen molar-refractivity contribution in [2.75, 3.05) is 13.2 Å². The van der Waals surface area contributed by atoms with E-state index in [-0.39, 0.29) is 28.4 Å². The summed E-state index contributed by atoms with van der Waals surface area (Å²) in [5.74, 6) is 0. The number of benzene rings is 2. The van der Waals surface area contributed by atoms with Gasteiger partial charge >= 0.3 is 6.09 Å². The van der Waals surface area contributed by atoms with Crippen LogP contribution in [0, 0.1) is 0 Å². The summed E-state index contributed by atoms with van der Waals surface area (Å²) in [6.07, 6.45) is 7.75. The normalized spacial score (nSPS) is 34.3. The Bertz CT molecular complexity index is 1030. The Balaban J connectivity index is 0.000000162. The van der Waals surface area contributed by atoms with Crippen molar-refractivity contribution in [2.45, 2.75) is 100 Å². The number of amides is 1. The molecule has 200 valence electrons. The number of fused-ring (bicyclic) bond motifs is 6. The molecule has 4 aliphatic heterocycles.